The summed E-state index contributed by atoms with van der Waals surface area (Å²) in [5.41, 5.74) is 2.04. The number of fused-ring (bicyclic) bond motifs is 3. The highest BCUT2D eigenvalue weighted by Gasteiger charge is 2.17. The van der Waals surface area contributed by atoms with Crippen LogP contribution in [0.25, 0.3) is 16.7 Å². The van der Waals surface area contributed by atoms with Gasteiger partial charge in [-0.1, -0.05) is 12.1 Å². The minimum absolute atomic E-state index is 0.0146. The summed E-state index contributed by atoms with van der Waals surface area (Å²) >= 11 is 0. The fourth-order valence-electron chi connectivity index (χ4n) is 2.59. The topological polar surface area (TPSA) is 92.1 Å². The summed E-state index contributed by atoms with van der Waals surface area (Å²) < 4.78 is 14.5. The fraction of sp³-hybridized carbons (Fsp3) is 0.0588. The number of hydrogen-bond donors (Lipinski definition) is 2. The molecule has 0 spiro atoms. The lowest BCUT2D eigenvalue weighted by Gasteiger charge is -2.02. The first-order valence-electron chi connectivity index (χ1n) is 7.47. The van der Waals surface area contributed by atoms with E-state index in [0.29, 0.717) is 11.0 Å². The highest BCUT2D eigenvalue weighted by molar-refractivity contribution is 6.02. The quantitative estimate of drug-likeness (QED) is 0.587. The molecular weight excluding hydrogens is 325 g/mol. The number of aryl methyl sites for hydroxylation is 1. The third kappa shape index (κ3) is 2.63. The van der Waals surface area contributed by atoms with Crippen molar-refractivity contribution in [3.63, 3.8) is 0 Å². The van der Waals surface area contributed by atoms with Crippen molar-refractivity contribution in [1.29, 1.82) is 0 Å². The Morgan fingerprint density at radius 1 is 1.24 bits per heavy atom. The van der Waals surface area contributed by atoms with Gasteiger partial charge in [0.15, 0.2) is 0 Å². The Balaban J connectivity index is 1.80. The Hall–Kier alpha value is -3.55. The van der Waals surface area contributed by atoms with Gasteiger partial charge in [0.25, 0.3) is 11.5 Å². The molecule has 0 atom stereocenters. The average molecular weight is 337 g/mol. The van der Waals surface area contributed by atoms with Gasteiger partial charge in [0.05, 0.1) is 11.0 Å². The summed E-state index contributed by atoms with van der Waals surface area (Å²) in [4.78, 5) is 31.2. The second kappa shape index (κ2) is 5.52. The minimum Gasteiger partial charge on any atom is -0.319 e. The Morgan fingerprint density at radius 3 is 2.88 bits per heavy atom. The van der Waals surface area contributed by atoms with Crippen LogP contribution in [0, 0.1) is 12.7 Å². The number of halogens is 1. The number of amides is 1. The van der Waals surface area contributed by atoms with E-state index in [1.165, 1.54) is 22.7 Å². The van der Waals surface area contributed by atoms with E-state index in [4.69, 9.17) is 0 Å². The number of aromatic nitrogens is 4. The van der Waals surface area contributed by atoms with Crippen LogP contribution in [-0.4, -0.2) is 25.5 Å². The van der Waals surface area contributed by atoms with Gasteiger partial charge in [-0.2, -0.15) is 4.98 Å². The molecule has 1 amide bonds. The maximum Gasteiger partial charge on any atom is 0.295 e. The molecule has 4 rings (SSSR count). The first-order chi connectivity index (χ1) is 12.0. The van der Waals surface area contributed by atoms with Gasteiger partial charge in [-0.05, 0) is 42.8 Å². The third-order valence-electron chi connectivity index (χ3n) is 3.72. The SMILES string of the molecule is Cc1ccc2c(c1)[nH]c(=O)c1nc(C(=O)Nc3cccc(F)c3)nn12. The Labute approximate surface area is 140 Å². The van der Waals surface area contributed by atoms with Crippen LogP contribution in [-0.2, 0) is 0 Å². The Morgan fingerprint density at radius 2 is 2.08 bits per heavy atom. The standard InChI is InChI=1S/C17H12FN5O2/c1-9-5-6-13-12(7-9)20-17(25)15-21-14(22-23(13)15)16(24)19-11-4-2-3-10(18)8-11/h2-8H,1H3,(H,19,24)(H,20,25). The maximum absolute atomic E-state index is 13.2. The zero-order valence-corrected chi connectivity index (χ0v) is 13.1. The predicted molar refractivity (Wildman–Crippen MR) is 90.2 cm³/mol. The lowest BCUT2D eigenvalue weighted by molar-refractivity contribution is 0.101. The number of nitrogens with zero attached hydrogens (tertiary/aromatic N) is 3. The molecule has 8 heteroatoms. The van der Waals surface area contributed by atoms with Crippen molar-refractivity contribution in [2.45, 2.75) is 6.92 Å². The van der Waals surface area contributed by atoms with Crippen LogP contribution in [0.1, 0.15) is 16.2 Å². The zero-order chi connectivity index (χ0) is 17.6. The van der Waals surface area contributed by atoms with Gasteiger partial charge in [0.1, 0.15) is 5.82 Å². The second-order valence-electron chi connectivity index (χ2n) is 5.61. The Bertz CT molecular complexity index is 1190. The third-order valence-corrected chi connectivity index (χ3v) is 3.72. The largest absolute Gasteiger partial charge is 0.319 e. The molecule has 2 aromatic heterocycles. The number of rotatable bonds is 2. The average Bonchev–Trinajstić information content (AvgIpc) is 3.01. The normalized spacial score (nSPS) is 11.1. The summed E-state index contributed by atoms with van der Waals surface area (Å²) in [6.07, 6.45) is 0. The summed E-state index contributed by atoms with van der Waals surface area (Å²) in [5, 5.41) is 6.64. The molecule has 124 valence electrons. The molecular formula is C17H12FN5O2. The highest BCUT2D eigenvalue weighted by atomic mass is 19.1. The van der Waals surface area contributed by atoms with Crippen LogP contribution in [0.15, 0.2) is 47.3 Å². The summed E-state index contributed by atoms with van der Waals surface area (Å²) in [5.74, 6) is -1.28. The van der Waals surface area contributed by atoms with Gasteiger partial charge in [-0.25, -0.2) is 8.91 Å². The van der Waals surface area contributed by atoms with E-state index < -0.39 is 17.3 Å². The molecule has 0 aliphatic heterocycles. The first kappa shape index (κ1) is 15.0. The Kier molecular flexibility index (Phi) is 3.31. The smallest absolute Gasteiger partial charge is 0.295 e. The van der Waals surface area contributed by atoms with E-state index in [9.17, 15) is 14.0 Å². The maximum atomic E-state index is 13.2. The van der Waals surface area contributed by atoms with E-state index in [2.05, 4.69) is 20.4 Å². The zero-order valence-electron chi connectivity index (χ0n) is 13.1. The monoisotopic (exact) mass is 337 g/mol. The van der Waals surface area contributed by atoms with E-state index in [-0.39, 0.29) is 17.2 Å². The van der Waals surface area contributed by atoms with Gasteiger partial charge >= 0.3 is 0 Å². The molecule has 0 aliphatic carbocycles. The number of hydrogen-bond acceptors (Lipinski definition) is 4. The van der Waals surface area contributed by atoms with E-state index in [0.717, 1.165) is 5.56 Å². The van der Waals surface area contributed by atoms with E-state index in [1.54, 1.807) is 12.1 Å². The van der Waals surface area contributed by atoms with Crippen molar-refractivity contribution in [3.8, 4) is 0 Å². The molecule has 0 radical (unpaired) electrons. The molecule has 0 aliphatic rings. The van der Waals surface area contributed by atoms with Crippen molar-refractivity contribution < 1.29 is 9.18 Å². The summed E-state index contributed by atoms with van der Waals surface area (Å²) in [6, 6.07) is 10.9. The van der Waals surface area contributed by atoms with Gasteiger partial charge in [-0.15, -0.1) is 5.10 Å². The van der Waals surface area contributed by atoms with Gasteiger partial charge in [0.2, 0.25) is 11.5 Å². The molecule has 2 aromatic carbocycles. The number of aromatic amines is 1. The second-order valence-corrected chi connectivity index (χ2v) is 5.61. The molecule has 25 heavy (non-hydrogen) atoms. The number of carbonyl (C=O) groups excluding carboxylic acids is 1. The van der Waals surface area contributed by atoms with Crippen LogP contribution < -0.4 is 10.9 Å². The number of H-pyrrole nitrogens is 1. The molecule has 0 bridgehead atoms. The molecule has 2 heterocycles. The molecule has 0 unspecified atom stereocenters. The number of benzene rings is 2. The van der Waals surface area contributed by atoms with Gasteiger partial charge in [0, 0.05) is 5.69 Å². The minimum atomic E-state index is -0.631. The molecule has 0 fully saturated rings. The van der Waals surface area contributed by atoms with Crippen LogP contribution in [0.4, 0.5) is 10.1 Å². The van der Waals surface area contributed by atoms with Crippen molar-refractivity contribution in [3.05, 3.63) is 70.0 Å². The number of carbonyl (C=O) groups is 1. The molecule has 2 N–H and O–H groups in total. The predicted octanol–water partition coefficient (Wildman–Crippen LogP) is 2.27. The van der Waals surface area contributed by atoms with Crippen molar-refractivity contribution in [2.24, 2.45) is 0 Å². The van der Waals surface area contributed by atoms with Crippen LogP contribution >= 0.6 is 0 Å². The summed E-state index contributed by atoms with van der Waals surface area (Å²) in [6.45, 7) is 1.90. The van der Waals surface area contributed by atoms with Crippen molar-refractivity contribution in [1.82, 2.24) is 19.6 Å². The van der Waals surface area contributed by atoms with E-state index in [1.807, 2.05) is 19.1 Å². The first-order valence-corrected chi connectivity index (χ1v) is 7.47. The molecule has 0 saturated carbocycles. The lowest BCUT2D eigenvalue weighted by Crippen LogP contribution is -2.14. The van der Waals surface area contributed by atoms with Crippen LogP contribution in [0.2, 0.25) is 0 Å². The van der Waals surface area contributed by atoms with Crippen molar-refractivity contribution in [2.75, 3.05) is 5.32 Å². The molecule has 4 aromatic rings. The lowest BCUT2D eigenvalue weighted by atomic mass is 10.2. The van der Waals surface area contributed by atoms with Crippen molar-refractivity contribution >= 4 is 28.3 Å². The number of nitrogens with one attached hydrogen (secondary N) is 2. The number of anilines is 1. The van der Waals surface area contributed by atoms with Gasteiger partial charge in [-0.3, -0.25) is 9.59 Å². The molecule has 0 saturated heterocycles. The van der Waals surface area contributed by atoms with Crippen LogP contribution in [0.5, 0.6) is 0 Å². The molecule has 7 nitrogen and oxygen atoms in total. The van der Waals surface area contributed by atoms with Crippen LogP contribution in [0.3, 0.4) is 0 Å². The highest BCUT2D eigenvalue weighted by Crippen LogP contribution is 2.14. The fourth-order valence-corrected chi connectivity index (χ4v) is 2.59. The summed E-state index contributed by atoms with van der Waals surface area (Å²) in [7, 11) is 0. The van der Waals surface area contributed by atoms with Gasteiger partial charge < -0.3 is 10.3 Å². The van der Waals surface area contributed by atoms with E-state index >= 15 is 0 Å².